The Morgan fingerprint density at radius 1 is 0.880 bits per heavy atom. The molecule has 1 fully saturated rings. The van der Waals surface area contributed by atoms with E-state index in [1.54, 1.807) is 0 Å². The number of ether oxygens (including phenoxy) is 2. The largest absolute Gasteiger partial charge is 0.473 e. The van der Waals surface area contributed by atoms with Crippen LogP contribution in [0.25, 0.3) is 0 Å². The molecule has 1 N–H and O–H groups in total. The molecule has 0 aromatic heterocycles. The third-order valence-electron chi connectivity index (χ3n) is 5.70. The number of nitrogens with zero attached hydrogens (tertiary/aromatic N) is 1. The number of benzene rings is 2. The molecule has 0 amide bonds. The van der Waals surface area contributed by atoms with E-state index in [1.807, 2.05) is 6.08 Å². The van der Waals surface area contributed by atoms with Gasteiger partial charge in [-0.05, 0) is 22.3 Å². The van der Waals surface area contributed by atoms with Gasteiger partial charge in [0, 0.05) is 12.8 Å². The first-order valence-electron chi connectivity index (χ1n) is 8.90. The number of nitrogens with one attached hydrogen (secondary N) is 1. The molecule has 4 nitrogen and oxygen atoms in total. The molecular formula is C21H18N2O2. The minimum Gasteiger partial charge on any atom is -0.473 e. The maximum absolute atomic E-state index is 6.11. The van der Waals surface area contributed by atoms with Gasteiger partial charge in [0.15, 0.2) is 5.88 Å². The average molecular weight is 330 g/mol. The summed E-state index contributed by atoms with van der Waals surface area (Å²) < 4.78 is 12.2. The summed E-state index contributed by atoms with van der Waals surface area (Å²) in [6, 6.07) is 17.4. The lowest BCUT2D eigenvalue weighted by molar-refractivity contribution is 0.157. The van der Waals surface area contributed by atoms with Gasteiger partial charge in [-0.3, -0.25) is 0 Å². The lowest BCUT2D eigenvalue weighted by Crippen LogP contribution is -2.16. The third-order valence-corrected chi connectivity index (χ3v) is 5.70. The highest BCUT2D eigenvalue weighted by Crippen LogP contribution is 2.41. The van der Waals surface area contributed by atoms with Crippen molar-refractivity contribution in [2.24, 2.45) is 4.99 Å². The zero-order valence-electron chi connectivity index (χ0n) is 13.7. The Hall–Kier alpha value is -2.75. The second kappa shape index (κ2) is 4.88. The molecule has 0 saturated carbocycles. The molecule has 0 unspecified atom stereocenters. The van der Waals surface area contributed by atoms with Crippen molar-refractivity contribution in [3.63, 3.8) is 0 Å². The predicted molar refractivity (Wildman–Crippen MR) is 94.2 cm³/mol. The molecule has 1 saturated heterocycles. The van der Waals surface area contributed by atoms with Crippen molar-refractivity contribution in [2.45, 2.75) is 37.1 Å². The molecule has 4 heteroatoms. The van der Waals surface area contributed by atoms with E-state index in [-0.39, 0.29) is 24.3 Å². The predicted octanol–water partition coefficient (Wildman–Crippen LogP) is 3.21. The summed E-state index contributed by atoms with van der Waals surface area (Å²) in [5, 5.41) is 3.50. The quantitative estimate of drug-likeness (QED) is 0.873. The molecule has 0 spiro atoms. The van der Waals surface area contributed by atoms with E-state index < -0.39 is 0 Å². The van der Waals surface area contributed by atoms with Crippen molar-refractivity contribution in [2.75, 3.05) is 0 Å². The molecule has 2 heterocycles. The van der Waals surface area contributed by atoms with Crippen LogP contribution >= 0.6 is 0 Å². The molecule has 0 radical (unpaired) electrons. The fourth-order valence-corrected chi connectivity index (χ4v) is 4.57. The van der Waals surface area contributed by atoms with Crippen molar-refractivity contribution in [3.05, 3.63) is 82.7 Å². The first kappa shape index (κ1) is 13.5. The molecule has 2 aromatic rings. The Kier molecular flexibility index (Phi) is 2.64. The highest BCUT2D eigenvalue weighted by molar-refractivity contribution is 5.90. The minimum atomic E-state index is 0.129. The van der Waals surface area contributed by atoms with Crippen molar-refractivity contribution < 1.29 is 9.47 Å². The van der Waals surface area contributed by atoms with Gasteiger partial charge in [-0.2, -0.15) is 0 Å². The van der Waals surface area contributed by atoms with Gasteiger partial charge in [0.25, 0.3) is 0 Å². The molecule has 2 aliphatic carbocycles. The Morgan fingerprint density at radius 3 is 2.48 bits per heavy atom. The van der Waals surface area contributed by atoms with Crippen LogP contribution in [-0.4, -0.2) is 18.1 Å². The van der Waals surface area contributed by atoms with Crippen molar-refractivity contribution in [1.82, 2.24) is 5.32 Å². The molecule has 4 aliphatic rings. The van der Waals surface area contributed by atoms with E-state index >= 15 is 0 Å². The lowest BCUT2D eigenvalue weighted by Gasteiger charge is -2.08. The summed E-state index contributed by atoms with van der Waals surface area (Å²) in [5.74, 6) is 1.46. The van der Waals surface area contributed by atoms with E-state index in [0.717, 1.165) is 18.7 Å². The molecule has 124 valence electrons. The van der Waals surface area contributed by atoms with Crippen LogP contribution < -0.4 is 5.32 Å². The number of rotatable bonds is 1. The van der Waals surface area contributed by atoms with Crippen LogP contribution in [0.5, 0.6) is 0 Å². The highest BCUT2D eigenvalue weighted by Gasteiger charge is 2.41. The number of hydrogen-bond donors (Lipinski definition) is 1. The van der Waals surface area contributed by atoms with E-state index in [4.69, 9.17) is 14.5 Å². The zero-order valence-corrected chi connectivity index (χ0v) is 13.7. The van der Waals surface area contributed by atoms with Crippen LogP contribution in [0, 0.1) is 0 Å². The van der Waals surface area contributed by atoms with E-state index in [0.29, 0.717) is 5.90 Å². The van der Waals surface area contributed by atoms with Gasteiger partial charge in [0.05, 0.1) is 12.1 Å². The van der Waals surface area contributed by atoms with Crippen molar-refractivity contribution >= 4 is 5.90 Å². The van der Waals surface area contributed by atoms with Crippen LogP contribution in [0.4, 0.5) is 0 Å². The third kappa shape index (κ3) is 1.97. The first-order chi connectivity index (χ1) is 12.3. The van der Waals surface area contributed by atoms with Crippen LogP contribution in [0.2, 0.25) is 0 Å². The number of aliphatic imine (C=N–C) groups is 1. The van der Waals surface area contributed by atoms with E-state index in [2.05, 4.69) is 53.8 Å². The SMILES string of the molecule is C(=C1N[C@H]2c3ccccc3C[C@H]2O1)C1=N[C@H]2c3ccccc3C[C@H]2O1. The van der Waals surface area contributed by atoms with Crippen molar-refractivity contribution in [1.29, 1.82) is 0 Å². The summed E-state index contributed by atoms with van der Waals surface area (Å²) >= 11 is 0. The Bertz CT molecular complexity index is 933. The van der Waals surface area contributed by atoms with Gasteiger partial charge in [0.2, 0.25) is 5.90 Å². The normalized spacial score (nSPS) is 32.2. The van der Waals surface area contributed by atoms with Crippen LogP contribution in [0.1, 0.15) is 34.3 Å². The second-order valence-electron chi connectivity index (χ2n) is 7.16. The average Bonchev–Trinajstić information content (AvgIpc) is 3.33. The molecule has 2 aromatic carbocycles. The first-order valence-corrected chi connectivity index (χ1v) is 8.90. The van der Waals surface area contributed by atoms with Gasteiger partial charge in [-0.25, -0.2) is 4.99 Å². The van der Waals surface area contributed by atoms with Crippen LogP contribution in [-0.2, 0) is 22.3 Å². The molecule has 25 heavy (non-hydrogen) atoms. The Morgan fingerprint density at radius 2 is 1.60 bits per heavy atom. The summed E-state index contributed by atoms with van der Waals surface area (Å²) in [6.45, 7) is 0. The van der Waals surface area contributed by atoms with Gasteiger partial charge >= 0.3 is 0 Å². The van der Waals surface area contributed by atoms with Gasteiger partial charge < -0.3 is 14.8 Å². The summed E-state index contributed by atoms with van der Waals surface area (Å²) in [5.41, 5.74) is 5.38. The summed E-state index contributed by atoms with van der Waals surface area (Å²) in [4.78, 5) is 4.79. The summed E-state index contributed by atoms with van der Waals surface area (Å²) in [6.07, 6.45) is 4.11. The number of fused-ring (bicyclic) bond motifs is 6. The smallest absolute Gasteiger partial charge is 0.215 e. The maximum atomic E-state index is 6.11. The fraction of sp³-hybridized carbons (Fsp3) is 0.286. The molecule has 6 rings (SSSR count). The monoisotopic (exact) mass is 330 g/mol. The summed E-state index contributed by atoms with van der Waals surface area (Å²) in [7, 11) is 0. The molecule has 0 bridgehead atoms. The maximum Gasteiger partial charge on any atom is 0.215 e. The highest BCUT2D eigenvalue weighted by atomic mass is 16.5. The zero-order chi connectivity index (χ0) is 16.4. The minimum absolute atomic E-state index is 0.129. The Labute approximate surface area is 146 Å². The topological polar surface area (TPSA) is 42.8 Å². The van der Waals surface area contributed by atoms with E-state index in [1.165, 1.54) is 22.3 Å². The molecule has 2 aliphatic heterocycles. The Balaban J connectivity index is 1.26. The van der Waals surface area contributed by atoms with Gasteiger partial charge in [0.1, 0.15) is 18.2 Å². The van der Waals surface area contributed by atoms with Crippen molar-refractivity contribution in [3.8, 4) is 0 Å². The molecular weight excluding hydrogens is 312 g/mol. The van der Waals surface area contributed by atoms with Crippen LogP contribution in [0.15, 0.2) is 65.5 Å². The molecule has 4 atom stereocenters. The fourth-order valence-electron chi connectivity index (χ4n) is 4.57. The second-order valence-corrected chi connectivity index (χ2v) is 7.16. The van der Waals surface area contributed by atoms with E-state index in [9.17, 15) is 0 Å². The number of hydrogen-bond acceptors (Lipinski definition) is 4. The van der Waals surface area contributed by atoms with Gasteiger partial charge in [-0.1, -0.05) is 48.5 Å². The standard InChI is InChI=1S/C21H18N2O2/c1-3-7-14-12(5-1)9-16-20(14)22-18(24-16)11-19-23-21-15-8-4-2-6-13(15)10-17(21)25-19/h1-8,11,16-17,20-22H,9-10H2/t16-,17-,20+,21+/m1/s1. The van der Waals surface area contributed by atoms with Gasteiger partial charge in [-0.15, -0.1) is 0 Å². The lowest BCUT2D eigenvalue weighted by atomic mass is 10.1. The van der Waals surface area contributed by atoms with Crippen LogP contribution in [0.3, 0.4) is 0 Å².